The minimum atomic E-state index is 0.0279. The van der Waals surface area contributed by atoms with Crippen molar-refractivity contribution in [2.24, 2.45) is 0 Å². The number of carbonyl (C=O) groups is 1. The van der Waals surface area contributed by atoms with E-state index < -0.39 is 0 Å². The molecule has 2 amide bonds. The average Bonchev–Trinajstić information content (AvgIpc) is 3.35. The monoisotopic (exact) mass is 463 g/mol. The van der Waals surface area contributed by atoms with E-state index in [2.05, 4.69) is 51.9 Å². The molecule has 5 rings (SSSR count). The smallest absolute Gasteiger partial charge is 0.317 e. The summed E-state index contributed by atoms with van der Waals surface area (Å²) in [4.78, 5) is 22.6. The first-order valence-electron chi connectivity index (χ1n) is 11.4. The van der Waals surface area contributed by atoms with E-state index in [1.165, 1.54) is 21.5 Å². The zero-order valence-electron chi connectivity index (χ0n) is 19.3. The second kappa shape index (κ2) is 9.03. The molecule has 33 heavy (non-hydrogen) atoms. The number of carbonyl (C=O) groups excluding carboxylic acids is 1. The van der Waals surface area contributed by atoms with Gasteiger partial charge in [0, 0.05) is 44.8 Å². The molecule has 1 saturated heterocycles. The van der Waals surface area contributed by atoms with Gasteiger partial charge >= 0.3 is 6.03 Å². The maximum Gasteiger partial charge on any atom is 0.317 e. The molecule has 3 heterocycles. The molecule has 0 unspecified atom stereocenters. The normalized spacial score (nSPS) is 14.8. The van der Waals surface area contributed by atoms with E-state index in [1.54, 1.807) is 18.4 Å². The number of aromatic nitrogens is 2. The van der Waals surface area contributed by atoms with E-state index in [9.17, 15) is 4.79 Å². The lowest BCUT2D eigenvalue weighted by Crippen LogP contribution is -2.51. The number of ether oxygens (including phenoxy) is 1. The quantitative estimate of drug-likeness (QED) is 0.477. The number of urea groups is 1. The van der Waals surface area contributed by atoms with Crippen molar-refractivity contribution in [3.8, 4) is 17.0 Å². The lowest BCUT2D eigenvalue weighted by atomic mass is 10.1. The Morgan fingerprint density at radius 2 is 1.97 bits per heavy atom. The van der Waals surface area contributed by atoms with Crippen molar-refractivity contribution in [1.82, 2.24) is 24.5 Å². The molecule has 2 aromatic heterocycles. The van der Waals surface area contributed by atoms with Gasteiger partial charge < -0.3 is 15.0 Å². The number of amides is 2. The van der Waals surface area contributed by atoms with Gasteiger partial charge in [-0.2, -0.15) is 0 Å². The van der Waals surface area contributed by atoms with Crippen LogP contribution in [-0.2, 0) is 6.54 Å². The van der Waals surface area contributed by atoms with Crippen LogP contribution < -0.4 is 10.1 Å². The molecule has 7 nitrogen and oxygen atoms in total. The Bertz CT molecular complexity index is 1300. The lowest BCUT2D eigenvalue weighted by molar-refractivity contribution is 0.135. The minimum Gasteiger partial charge on any atom is -0.497 e. The second-order valence-electron chi connectivity index (χ2n) is 8.43. The number of aryl methyl sites for hydroxylation is 1. The largest absolute Gasteiger partial charge is 0.497 e. The Balaban J connectivity index is 1.52. The molecule has 1 fully saturated rings. The van der Waals surface area contributed by atoms with Gasteiger partial charge in [-0.3, -0.25) is 9.30 Å². The number of nitrogens with one attached hydrogen (secondary N) is 1. The number of rotatable bonds is 5. The number of nitrogens with zero attached hydrogens (tertiary/aromatic N) is 4. The average molecular weight is 464 g/mol. The number of benzene rings is 2. The Hall–Kier alpha value is -3.10. The molecule has 0 aliphatic carbocycles. The molecule has 1 aliphatic rings. The van der Waals surface area contributed by atoms with Crippen molar-refractivity contribution in [3.05, 3.63) is 53.7 Å². The summed E-state index contributed by atoms with van der Waals surface area (Å²) in [6.07, 6.45) is 0. The van der Waals surface area contributed by atoms with Gasteiger partial charge in [0.05, 0.1) is 28.7 Å². The summed E-state index contributed by atoms with van der Waals surface area (Å²) in [7, 11) is 1.69. The number of piperazine rings is 1. The molecular weight excluding hydrogens is 434 g/mol. The number of thiazole rings is 1. The first-order valence-corrected chi connectivity index (χ1v) is 12.2. The predicted octanol–water partition coefficient (Wildman–Crippen LogP) is 4.38. The summed E-state index contributed by atoms with van der Waals surface area (Å²) < 4.78 is 9.03. The summed E-state index contributed by atoms with van der Waals surface area (Å²) in [5.41, 5.74) is 5.68. The topological polar surface area (TPSA) is 62.1 Å². The van der Waals surface area contributed by atoms with Crippen LogP contribution in [-0.4, -0.2) is 65.0 Å². The summed E-state index contributed by atoms with van der Waals surface area (Å²) in [5.74, 6) is 0.825. The van der Waals surface area contributed by atoms with Crippen LogP contribution in [0.1, 0.15) is 18.2 Å². The zero-order valence-corrected chi connectivity index (χ0v) is 20.1. The number of methoxy groups -OCH3 is 1. The molecule has 8 heteroatoms. The van der Waals surface area contributed by atoms with Crippen LogP contribution in [0.5, 0.6) is 5.75 Å². The van der Waals surface area contributed by atoms with Crippen molar-refractivity contribution >= 4 is 32.5 Å². The van der Waals surface area contributed by atoms with Crippen molar-refractivity contribution < 1.29 is 9.53 Å². The molecule has 0 bridgehead atoms. The highest BCUT2D eigenvalue weighted by atomic mass is 32.1. The molecule has 0 radical (unpaired) electrons. The van der Waals surface area contributed by atoms with Crippen LogP contribution in [0.3, 0.4) is 0 Å². The Kier molecular flexibility index (Phi) is 5.95. The minimum absolute atomic E-state index is 0.0279. The van der Waals surface area contributed by atoms with Gasteiger partial charge in [0.1, 0.15) is 5.75 Å². The molecule has 0 saturated carbocycles. The summed E-state index contributed by atoms with van der Waals surface area (Å²) >= 11 is 1.73. The Labute approximate surface area is 197 Å². The van der Waals surface area contributed by atoms with Crippen LogP contribution in [0, 0.1) is 6.92 Å². The standard InChI is InChI=1S/C25H29N5O2S/c1-4-26-24(31)29-12-10-28(11-13-29)16-21-23(18-6-5-7-19(15-18)32-3)27-25-30(21)20-9-8-17(2)14-22(20)33-25/h5-9,14-15H,4,10-13,16H2,1-3H3,(H,26,31). The van der Waals surface area contributed by atoms with Crippen molar-refractivity contribution in [1.29, 1.82) is 0 Å². The third-order valence-electron chi connectivity index (χ3n) is 6.20. The van der Waals surface area contributed by atoms with Gasteiger partial charge in [-0.15, -0.1) is 0 Å². The number of fused-ring (bicyclic) bond motifs is 3. The fourth-order valence-electron chi connectivity index (χ4n) is 4.47. The van der Waals surface area contributed by atoms with E-state index in [0.717, 1.165) is 54.7 Å². The van der Waals surface area contributed by atoms with Crippen LogP contribution >= 0.6 is 11.3 Å². The van der Waals surface area contributed by atoms with Crippen molar-refractivity contribution in [3.63, 3.8) is 0 Å². The maximum atomic E-state index is 12.2. The van der Waals surface area contributed by atoms with Gasteiger partial charge in [0.15, 0.2) is 4.96 Å². The molecule has 0 atom stereocenters. The Morgan fingerprint density at radius 1 is 1.15 bits per heavy atom. The van der Waals surface area contributed by atoms with Crippen molar-refractivity contribution in [2.45, 2.75) is 20.4 Å². The number of hydrogen-bond donors (Lipinski definition) is 1. The zero-order chi connectivity index (χ0) is 22.9. The van der Waals surface area contributed by atoms with E-state index in [0.29, 0.717) is 6.54 Å². The highest BCUT2D eigenvalue weighted by Crippen LogP contribution is 2.35. The molecule has 4 aromatic rings. The molecule has 1 N–H and O–H groups in total. The first-order chi connectivity index (χ1) is 16.1. The van der Waals surface area contributed by atoms with Crippen LogP contribution in [0.4, 0.5) is 4.79 Å². The number of imidazole rings is 1. The van der Waals surface area contributed by atoms with Crippen LogP contribution in [0.15, 0.2) is 42.5 Å². The maximum absolute atomic E-state index is 12.2. The van der Waals surface area contributed by atoms with Gasteiger partial charge in [-0.05, 0) is 43.7 Å². The highest BCUT2D eigenvalue weighted by Gasteiger charge is 2.25. The lowest BCUT2D eigenvalue weighted by Gasteiger charge is -2.34. The van der Waals surface area contributed by atoms with Gasteiger partial charge in [-0.1, -0.05) is 29.5 Å². The summed E-state index contributed by atoms with van der Waals surface area (Å²) in [6, 6.07) is 14.7. The third-order valence-corrected chi connectivity index (χ3v) is 7.21. The second-order valence-corrected chi connectivity index (χ2v) is 9.44. The van der Waals surface area contributed by atoms with Gasteiger partial charge in [0.25, 0.3) is 0 Å². The van der Waals surface area contributed by atoms with Gasteiger partial charge in [-0.25, -0.2) is 9.78 Å². The summed E-state index contributed by atoms with van der Waals surface area (Å²) in [5, 5.41) is 2.91. The first kappa shape index (κ1) is 21.7. The molecule has 2 aromatic carbocycles. The van der Waals surface area contributed by atoms with Crippen LogP contribution in [0.25, 0.3) is 26.4 Å². The van der Waals surface area contributed by atoms with Crippen LogP contribution in [0.2, 0.25) is 0 Å². The summed E-state index contributed by atoms with van der Waals surface area (Å²) in [6.45, 7) is 8.63. The van der Waals surface area contributed by atoms with Gasteiger partial charge in [0.2, 0.25) is 0 Å². The van der Waals surface area contributed by atoms with E-state index in [-0.39, 0.29) is 6.03 Å². The Morgan fingerprint density at radius 3 is 2.73 bits per heavy atom. The van der Waals surface area contributed by atoms with E-state index >= 15 is 0 Å². The molecule has 1 aliphatic heterocycles. The molecule has 0 spiro atoms. The van der Waals surface area contributed by atoms with Crippen molar-refractivity contribution in [2.75, 3.05) is 39.8 Å². The molecule has 172 valence electrons. The highest BCUT2D eigenvalue weighted by molar-refractivity contribution is 7.23. The van der Waals surface area contributed by atoms with E-state index in [4.69, 9.17) is 9.72 Å². The fraction of sp³-hybridized carbons (Fsp3) is 0.360. The predicted molar refractivity (Wildman–Crippen MR) is 133 cm³/mol. The molecular formula is C25H29N5O2S. The number of hydrogen-bond acceptors (Lipinski definition) is 5. The SMILES string of the molecule is CCNC(=O)N1CCN(Cc2c(-c3cccc(OC)c3)nc3sc4cc(C)ccc4n23)CC1. The van der Waals surface area contributed by atoms with E-state index in [1.807, 2.05) is 24.0 Å². The fourth-order valence-corrected chi connectivity index (χ4v) is 5.61. The third kappa shape index (κ3) is 4.16.